The molecular formula is C15H12Br3FO2. The second-order valence-electron chi connectivity index (χ2n) is 4.20. The largest absolute Gasteiger partial charge is 0.495 e. The molecule has 0 aliphatic carbocycles. The van der Waals surface area contributed by atoms with E-state index in [-0.39, 0.29) is 10.6 Å². The minimum absolute atomic E-state index is 0.291. The topological polar surface area (TPSA) is 18.5 Å². The van der Waals surface area contributed by atoms with Crippen molar-refractivity contribution in [3.63, 3.8) is 0 Å². The zero-order valence-corrected chi connectivity index (χ0v) is 16.1. The van der Waals surface area contributed by atoms with E-state index in [9.17, 15) is 4.39 Å². The van der Waals surface area contributed by atoms with E-state index in [1.807, 2.05) is 12.1 Å². The lowest BCUT2D eigenvalue weighted by Gasteiger charge is -2.19. The van der Waals surface area contributed by atoms with Crippen LogP contribution in [0, 0.1) is 5.82 Å². The van der Waals surface area contributed by atoms with Crippen LogP contribution in [0.4, 0.5) is 4.39 Å². The van der Waals surface area contributed by atoms with Gasteiger partial charge >= 0.3 is 0 Å². The van der Waals surface area contributed by atoms with Gasteiger partial charge in [-0.2, -0.15) is 0 Å². The third kappa shape index (κ3) is 3.27. The first-order chi connectivity index (χ1) is 10.0. The molecule has 6 heteroatoms. The van der Waals surface area contributed by atoms with Crippen molar-refractivity contribution in [2.75, 3.05) is 14.2 Å². The van der Waals surface area contributed by atoms with Gasteiger partial charge in [0.25, 0.3) is 0 Å². The Balaban J connectivity index is 2.59. The summed E-state index contributed by atoms with van der Waals surface area (Å²) in [5.74, 6) is 0.967. The number of alkyl halides is 1. The van der Waals surface area contributed by atoms with Crippen LogP contribution < -0.4 is 9.47 Å². The molecule has 0 aromatic heterocycles. The number of benzene rings is 2. The Morgan fingerprint density at radius 3 is 2.33 bits per heavy atom. The Kier molecular flexibility index (Phi) is 5.68. The molecule has 21 heavy (non-hydrogen) atoms. The molecule has 0 N–H and O–H groups in total. The number of halogens is 4. The van der Waals surface area contributed by atoms with E-state index < -0.39 is 0 Å². The number of hydrogen-bond donors (Lipinski definition) is 0. The van der Waals surface area contributed by atoms with Gasteiger partial charge in [-0.1, -0.05) is 44.0 Å². The Hall–Kier alpha value is -0.590. The first-order valence-corrected chi connectivity index (χ1v) is 8.49. The van der Waals surface area contributed by atoms with Crippen LogP contribution in [0.1, 0.15) is 16.0 Å². The van der Waals surface area contributed by atoms with Crippen LogP contribution in [0.25, 0.3) is 0 Å². The Morgan fingerprint density at radius 2 is 1.76 bits per heavy atom. The third-order valence-electron chi connectivity index (χ3n) is 3.04. The number of hydrogen-bond acceptors (Lipinski definition) is 2. The van der Waals surface area contributed by atoms with E-state index in [1.54, 1.807) is 26.4 Å². The zero-order valence-electron chi connectivity index (χ0n) is 11.3. The maximum Gasteiger partial charge on any atom is 0.141 e. The van der Waals surface area contributed by atoms with Gasteiger partial charge in [-0.05, 0) is 34.1 Å². The van der Waals surface area contributed by atoms with Gasteiger partial charge in [0.05, 0.1) is 19.0 Å². The van der Waals surface area contributed by atoms with E-state index in [0.717, 1.165) is 5.56 Å². The van der Waals surface area contributed by atoms with Crippen molar-refractivity contribution >= 4 is 47.8 Å². The summed E-state index contributed by atoms with van der Waals surface area (Å²) >= 11 is 10.4. The standard InChI is InChI=1S/C15H12Br3FO2/c1-20-11-7-6-8(15(21-2)14(11)18)13(17)12-9(16)4-3-5-10(12)19/h3-7,13H,1-2H3. The molecule has 2 rings (SSSR count). The van der Waals surface area contributed by atoms with Gasteiger partial charge in [-0.3, -0.25) is 0 Å². The van der Waals surface area contributed by atoms with Crippen molar-refractivity contribution in [3.05, 3.63) is 56.2 Å². The summed E-state index contributed by atoms with van der Waals surface area (Å²) in [4.78, 5) is -0.356. The average Bonchev–Trinajstić information content (AvgIpc) is 2.46. The third-order valence-corrected chi connectivity index (χ3v) is 5.44. The fourth-order valence-corrected chi connectivity index (χ4v) is 4.41. The maximum atomic E-state index is 14.1. The first kappa shape index (κ1) is 16.8. The highest BCUT2D eigenvalue weighted by atomic mass is 79.9. The van der Waals surface area contributed by atoms with E-state index in [4.69, 9.17) is 9.47 Å². The molecule has 1 atom stereocenters. The molecule has 0 heterocycles. The van der Waals surface area contributed by atoms with Crippen LogP contribution >= 0.6 is 47.8 Å². The minimum atomic E-state index is -0.356. The summed E-state index contributed by atoms with van der Waals surface area (Å²) in [6.45, 7) is 0. The molecule has 0 aliphatic heterocycles. The summed E-state index contributed by atoms with van der Waals surface area (Å²) < 4.78 is 26.2. The molecule has 0 saturated heterocycles. The molecule has 0 saturated carbocycles. The molecular weight excluding hydrogens is 471 g/mol. The molecule has 0 fully saturated rings. The quantitative estimate of drug-likeness (QED) is 0.509. The van der Waals surface area contributed by atoms with Crippen molar-refractivity contribution in [1.29, 1.82) is 0 Å². The lowest BCUT2D eigenvalue weighted by Crippen LogP contribution is -2.02. The number of rotatable bonds is 4. The Morgan fingerprint density at radius 1 is 1.05 bits per heavy atom. The van der Waals surface area contributed by atoms with Crippen LogP contribution in [-0.4, -0.2) is 14.2 Å². The van der Waals surface area contributed by atoms with Gasteiger partial charge in [0.1, 0.15) is 21.8 Å². The van der Waals surface area contributed by atoms with Crippen molar-refractivity contribution < 1.29 is 13.9 Å². The summed E-state index contributed by atoms with van der Waals surface area (Å²) in [5.41, 5.74) is 1.32. The van der Waals surface area contributed by atoms with Crippen LogP contribution in [0.2, 0.25) is 0 Å². The molecule has 2 aromatic carbocycles. The first-order valence-electron chi connectivity index (χ1n) is 5.99. The lowest BCUT2D eigenvalue weighted by atomic mass is 10.0. The van der Waals surface area contributed by atoms with E-state index in [1.165, 1.54) is 6.07 Å². The van der Waals surface area contributed by atoms with Crippen molar-refractivity contribution in [2.24, 2.45) is 0 Å². The summed E-state index contributed by atoms with van der Waals surface area (Å²) in [6.07, 6.45) is 0. The fraction of sp³-hybridized carbons (Fsp3) is 0.200. The molecule has 0 bridgehead atoms. The smallest absolute Gasteiger partial charge is 0.141 e. The van der Waals surface area contributed by atoms with Crippen LogP contribution in [0.3, 0.4) is 0 Å². The summed E-state index contributed by atoms with van der Waals surface area (Å²) in [6, 6.07) is 8.55. The van der Waals surface area contributed by atoms with Crippen LogP contribution in [0.5, 0.6) is 11.5 Å². The second kappa shape index (κ2) is 7.11. The predicted molar refractivity (Wildman–Crippen MR) is 92.1 cm³/mol. The fourth-order valence-electron chi connectivity index (χ4n) is 2.03. The molecule has 2 aromatic rings. The van der Waals surface area contributed by atoms with Crippen molar-refractivity contribution in [2.45, 2.75) is 4.83 Å². The Bertz CT molecular complexity index is 641. The van der Waals surface area contributed by atoms with Gasteiger partial charge in [0, 0.05) is 15.6 Å². The highest BCUT2D eigenvalue weighted by Crippen LogP contribution is 2.46. The average molecular weight is 483 g/mol. The number of methoxy groups -OCH3 is 2. The SMILES string of the molecule is COc1ccc(C(Br)c2c(F)cccc2Br)c(OC)c1Br. The Labute approximate surface area is 148 Å². The maximum absolute atomic E-state index is 14.1. The lowest BCUT2D eigenvalue weighted by molar-refractivity contribution is 0.386. The monoisotopic (exact) mass is 480 g/mol. The molecule has 0 aliphatic rings. The van der Waals surface area contributed by atoms with Crippen molar-refractivity contribution in [1.82, 2.24) is 0 Å². The predicted octanol–water partition coefficient (Wildman–Crippen LogP) is 5.85. The van der Waals surface area contributed by atoms with E-state index in [0.29, 0.717) is 26.0 Å². The van der Waals surface area contributed by atoms with E-state index in [2.05, 4.69) is 47.8 Å². The van der Waals surface area contributed by atoms with Crippen LogP contribution in [-0.2, 0) is 0 Å². The second-order valence-corrected chi connectivity index (χ2v) is 6.77. The minimum Gasteiger partial charge on any atom is -0.495 e. The van der Waals surface area contributed by atoms with Gasteiger partial charge in [-0.25, -0.2) is 4.39 Å². The zero-order chi connectivity index (χ0) is 15.6. The number of ether oxygens (including phenoxy) is 2. The molecule has 112 valence electrons. The van der Waals surface area contributed by atoms with Crippen LogP contribution in [0.15, 0.2) is 39.3 Å². The van der Waals surface area contributed by atoms with Gasteiger partial charge in [0.15, 0.2) is 0 Å². The molecule has 1 unspecified atom stereocenters. The van der Waals surface area contributed by atoms with Gasteiger partial charge < -0.3 is 9.47 Å². The highest BCUT2D eigenvalue weighted by Gasteiger charge is 2.23. The normalized spacial score (nSPS) is 12.1. The van der Waals surface area contributed by atoms with Gasteiger partial charge in [0.2, 0.25) is 0 Å². The van der Waals surface area contributed by atoms with Gasteiger partial charge in [-0.15, -0.1) is 0 Å². The summed E-state index contributed by atoms with van der Waals surface area (Å²) in [5, 5.41) is 0. The molecule has 0 spiro atoms. The summed E-state index contributed by atoms with van der Waals surface area (Å²) in [7, 11) is 3.15. The molecule has 0 amide bonds. The molecule has 0 radical (unpaired) electrons. The highest BCUT2D eigenvalue weighted by molar-refractivity contribution is 9.11. The van der Waals surface area contributed by atoms with Crippen molar-refractivity contribution in [3.8, 4) is 11.5 Å². The molecule has 2 nitrogen and oxygen atoms in total. The van der Waals surface area contributed by atoms with E-state index >= 15 is 0 Å².